The third-order valence-electron chi connectivity index (χ3n) is 6.66. The monoisotopic (exact) mass is 454 g/mol. The lowest BCUT2D eigenvalue weighted by molar-refractivity contribution is 0.159. The van der Waals surface area contributed by atoms with Gasteiger partial charge in [-0.05, 0) is 62.3 Å². The number of fused-ring (bicyclic) bond motifs is 1. The summed E-state index contributed by atoms with van der Waals surface area (Å²) in [6.07, 6.45) is 11.4. The van der Waals surface area contributed by atoms with Crippen molar-refractivity contribution in [3.63, 3.8) is 0 Å². The Morgan fingerprint density at radius 2 is 2.03 bits per heavy atom. The zero-order valence-corrected chi connectivity index (χ0v) is 19.6. The van der Waals surface area contributed by atoms with Crippen LogP contribution in [0.2, 0.25) is 0 Å². The lowest BCUT2D eigenvalue weighted by Crippen LogP contribution is -2.46. The molecule has 2 amide bonds. The Hall–Kier alpha value is -3.76. The van der Waals surface area contributed by atoms with E-state index in [-0.39, 0.29) is 6.03 Å². The molecule has 0 unspecified atom stereocenters. The van der Waals surface area contributed by atoms with Crippen LogP contribution in [0, 0.1) is 12.3 Å². The summed E-state index contributed by atoms with van der Waals surface area (Å²) in [6, 6.07) is 12.1. The molecule has 34 heavy (non-hydrogen) atoms. The van der Waals surface area contributed by atoms with E-state index in [0.29, 0.717) is 6.54 Å². The van der Waals surface area contributed by atoms with E-state index < -0.39 is 0 Å². The lowest BCUT2D eigenvalue weighted by atomic mass is 10.0. The lowest BCUT2D eigenvalue weighted by Gasteiger charge is -2.32. The molecule has 2 aliphatic rings. The van der Waals surface area contributed by atoms with Gasteiger partial charge in [0.2, 0.25) is 0 Å². The average Bonchev–Trinajstić information content (AvgIpc) is 3.20. The number of terminal acetylenes is 1. The highest BCUT2D eigenvalue weighted by Gasteiger charge is 2.25. The number of aromatic nitrogens is 2. The average molecular weight is 455 g/mol. The van der Waals surface area contributed by atoms with Crippen molar-refractivity contribution in [2.24, 2.45) is 0 Å². The third-order valence-corrected chi connectivity index (χ3v) is 6.66. The molecule has 0 spiro atoms. The van der Waals surface area contributed by atoms with E-state index in [1.54, 1.807) is 6.20 Å². The van der Waals surface area contributed by atoms with Crippen molar-refractivity contribution < 1.29 is 4.79 Å². The minimum atomic E-state index is 0.157. The van der Waals surface area contributed by atoms with Gasteiger partial charge < -0.3 is 25.0 Å². The topological polar surface area (TPSA) is 67.5 Å². The van der Waals surface area contributed by atoms with Gasteiger partial charge in [0.15, 0.2) is 0 Å². The van der Waals surface area contributed by atoms with E-state index in [9.17, 15) is 4.79 Å². The van der Waals surface area contributed by atoms with Gasteiger partial charge in [-0.25, -0.2) is 9.78 Å². The molecule has 1 aromatic carbocycles. The molecule has 0 radical (unpaired) electrons. The van der Waals surface area contributed by atoms with E-state index in [2.05, 4.69) is 45.3 Å². The maximum Gasteiger partial charge on any atom is 0.320 e. The van der Waals surface area contributed by atoms with Gasteiger partial charge in [0, 0.05) is 61.3 Å². The molecular formula is C27H30N6O. The molecule has 0 aliphatic carbocycles. The largest absolute Gasteiger partial charge is 0.355 e. The van der Waals surface area contributed by atoms with Gasteiger partial charge in [0.1, 0.15) is 5.65 Å². The van der Waals surface area contributed by atoms with Crippen molar-refractivity contribution in [2.75, 3.05) is 51.6 Å². The highest BCUT2D eigenvalue weighted by molar-refractivity contribution is 5.94. The van der Waals surface area contributed by atoms with Crippen LogP contribution in [-0.2, 0) is 0 Å². The van der Waals surface area contributed by atoms with Crippen molar-refractivity contribution in [1.29, 1.82) is 0 Å². The molecule has 0 bridgehead atoms. The van der Waals surface area contributed by atoms with Crippen LogP contribution in [0.1, 0.15) is 24.1 Å². The van der Waals surface area contributed by atoms with Crippen LogP contribution in [0.4, 0.5) is 16.2 Å². The number of H-pyrrole nitrogens is 1. The molecule has 174 valence electrons. The van der Waals surface area contributed by atoms with E-state index in [0.717, 1.165) is 79.2 Å². The number of nitrogens with one attached hydrogen (secondary N) is 2. The number of urea groups is 1. The number of likely N-dealkylation sites (N-methyl/N-ethyl adjacent to an activating group) is 1. The summed E-state index contributed by atoms with van der Waals surface area (Å²) in [5, 5.41) is 4.49. The van der Waals surface area contributed by atoms with Crippen LogP contribution >= 0.6 is 0 Å². The second-order valence-corrected chi connectivity index (χ2v) is 9.01. The summed E-state index contributed by atoms with van der Waals surface area (Å²) in [5.41, 5.74) is 5.86. The Bertz CT molecular complexity index is 1270. The quantitative estimate of drug-likeness (QED) is 0.584. The van der Waals surface area contributed by atoms with Gasteiger partial charge in [-0.15, -0.1) is 6.42 Å². The molecule has 4 heterocycles. The number of benzene rings is 1. The molecule has 2 aromatic heterocycles. The highest BCUT2D eigenvalue weighted by atomic mass is 16.2. The van der Waals surface area contributed by atoms with E-state index in [1.807, 2.05) is 40.1 Å². The molecule has 0 atom stereocenters. The highest BCUT2D eigenvalue weighted by Crippen LogP contribution is 2.30. The standard InChI is InChI=1S/C27H30N6O/c1-3-20-6-4-7-22(18-20)29-24-8-11-28-26-23(24)19-25(30-26)21-9-14-33(15-10-21)27(34)32-13-5-12-31(2)16-17-32/h1,4,6-9,11,18-19H,5,10,12-17H2,2H3,(H2,28,29,30). The third kappa shape index (κ3) is 4.63. The Morgan fingerprint density at radius 3 is 2.85 bits per heavy atom. The van der Waals surface area contributed by atoms with Gasteiger partial charge in [-0.3, -0.25) is 0 Å². The number of anilines is 2. The molecule has 7 nitrogen and oxygen atoms in total. The predicted molar refractivity (Wildman–Crippen MR) is 137 cm³/mol. The number of hydrogen-bond donors (Lipinski definition) is 2. The first-order chi connectivity index (χ1) is 16.6. The van der Waals surface area contributed by atoms with Gasteiger partial charge >= 0.3 is 6.03 Å². The molecule has 2 N–H and O–H groups in total. The van der Waals surface area contributed by atoms with E-state index in [4.69, 9.17) is 6.42 Å². The van der Waals surface area contributed by atoms with Crippen LogP contribution < -0.4 is 5.32 Å². The Kier molecular flexibility index (Phi) is 6.24. The molecule has 5 rings (SSSR count). The first kappa shape index (κ1) is 22.1. The van der Waals surface area contributed by atoms with Gasteiger partial charge in [-0.2, -0.15) is 0 Å². The Balaban J connectivity index is 1.31. The number of pyridine rings is 1. The Labute approximate surface area is 200 Å². The van der Waals surface area contributed by atoms with Crippen molar-refractivity contribution in [3.05, 3.63) is 59.9 Å². The van der Waals surface area contributed by atoms with Crippen molar-refractivity contribution in [1.82, 2.24) is 24.7 Å². The van der Waals surface area contributed by atoms with Crippen LogP contribution in [0.15, 0.2) is 48.7 Å². The summed E-state index contributed by atoms with van der Waals surface area (Å²) < 4.78 is 0. The fourth-order valence-electron chi connectivity index (χ4n) is 4.68. The Morgan fingerprint density at radius 1 is 1.12 bits per heavy atom. The second-order valence-electron chi connectivity index (χ2n) is 9.01. The summed E-state index contributed by atoms with van der Waals surface area (Å²) >= 11 is 0. The predicted octanol–water partition coefficient (Wildman–Crippen LogP) is 4.13. The first-order valence-electron chi connectivity index (χ1n) is 11.8. The van der Waals surface area contributed by atoms with Crippen molar-refractivity contribution in [3.8, 4) is 12.3 Å². The first-order valence-corrected chi connectivity index (χ1v) is 11.8. The van der Waals surface area contributed by atoms with Gasteiger partial charge in [0.25, 0.3) is 0 Å². The number of amides is 2. The maximum atomic E-state index is 13.0. The fraction of sp³-hybridized carbons (Fsp3) is 0.333. The van der Waals surface area contributed by atoms with Crippen LogP contribution in [0.3, 0.4) is 0 Å². The van der Waals surface area contributed by atoms with Crippen LogP contribution in [-0.4, -0.2) is 77.0 Å². The molecule has 2 aliphatic heterocycles. The molecular weight excluding hydrogens is 424 g/mol. The van der Waals surface area contributed by atoms with E-state index in [1.165, 1.54) is 5.57 Å². The minimum Gasteiger partial charge on any atom is -0.355 e. The van der Waals surface area contributed by atoms with Crippen molar-refractivity contribution >= 4 is 34.0 Å². The van der Waals surface area contributed by atoms with Crippen LogP contribution in [0.5, 0.6) is 0 Å². The number of hydrogen-bond acceptors (Lipinski definition) is 4. The van der Waals surface area contributed by atoms with Crippen molar-refractivity contribution in [2.45, 2.75) is 12.8 Å². The van der Waals surface area contributed by atoms with Gasteiger partial charge in [0.05, 0.1) is 5.69 Å². The summed E-state index contributed by atoms with van der Waals surface area (Å²) in [4.78, 5) is 27.3. The molecule has 1 fully saturated rings. The number of aromatic amines is 1. The summed E-state index contributed by atoms with van der Waals surface area (Å²) in [7, 11) is 2.12. The molecule has 7 heteroatoms. The number of nitrogens with zero attached hydrogens (tertiary/aromatic N) is 4. The number of rotatable bonds is 3. The second kappa shape index (κ2) is 9.62. The SMILES string of the molecule is C#Cc1cccc(Nc2ccnc3[nH]c(C4=CCN(C(=O)N5CCCN(C)CC5)CC4)cc23)c1. The normalized spacial score (nSPS) is 17.2. The number of carbonyl (C=O) groups is 1. The zero-order chi connectivity index (χ0) is 23.5. The molecule has 1 saturated heterocycles. The maximum absolute atomic E-state index is 13.0. The zero-order valence-electron chi connectivity index (χ0n) is 19.6. The smallest absolute Gasteiger partial charge is 0.320 e. The molecule has 3 aromatic rings. The van der Waals surface area contributed by atoms with E-state index >= 15 is 0 Å². The van der Waals surface area contributed by atoms with Crippen LogP contribution in [0.25, 0.3) is 16.6 Å². The summed E-state index contributed by atoms with van der Waals surface area (Å²) in [5.74, 6) is 2.68. The summed E-state index contributed by atoms with van der Waals surface area (Å²) in [6.45, 7) is 4.98. The molecule has 0 saturated carbocycles. The fourth-order valence-corrected chi connectivity index (χ4v) is 4.68. The minimum absolute atomic E-state index is 0.157. The van der Waals surface area contributed by atoms with Gasteiger partial charge in [-0.1, -0.05) is 18.1 Å². The number of carbonyl (C=O) groups excluding carboxylic acids is 1.